The second-order valence-corrected chi connectivity index (χ2v) is 7.09. The van der Waals surface area contributed by atoms with Gasteiger partial charge in [-0.1, -0.05) is 34.1 Å². The van der Waals surface area contributed by atoms with Gasteiger partial charge in [0.15, 0.2) is 0 Å². The average molecular weight is 411 g/mol. The van der Waals surface area contributed by atoms with Crippen LogP contribution in [-0.4, -0.2) is 13.2 Å². The van der Waals surface area contributed by atoms with Crippen molar-refractivity contribution in [3.05, 3.63) is 57.0 Å². The van der Waals surface area contributed by atoms with Crippen LogP contribution in [0.3, 0.4) is 0 Å². The van der Waals surface area contributed by atoms with Gasteiger partial charge in [-0.15, -0.1) is 0 Å². The van der Waals surface area contributed by atoms with E-state index in [-0.39, 0.29) is 0 Å². The van der Waals surface area contributed by atoms with Crippen molar-refractivity contribution < 1.29 is 4.74 Å². The zero-order valence-electron chi connectivity index (χ0n) is 11.8. The van der Waals surface area contributed by atoms with Crippen LogP contribution in [0.1, 0.15) is 24.3 Å². The lowest BCUT2D eigenvalue weighted by Gasteiger charge is -2.37. The van der Waals surface area contributed by atoms with Crippen LogP contribution < -0.4 is 10.1 Å². The van der Waals surface area contributed by atoms with Gasteiger partial charge < -0.3 is 10.1 Å². The van der Waals surface area contributed by atoms with Crippen LogP contribution in [0.15, 0.2) is 51.4 Å². The number of hydrogen-bond donors (Lipinski definition) is 1. The topological polar surface area (TPSA) is 21.3 Å². The van der Waals surface area contributed by atoms with Gasteiger partial charge in [0.25, 0.3) is 0 Å². The van der Waals surface area contributed by atoms with Crippen LogP contribution in [-0.2, 0) is 0 Å². The van der Waals surface area contributed by atoms with Gasteiger partial charge >= 0.3 is 0 Å². The summed E-state index contributed by atoms with van der Waals surface area (Å²) in [4.78, 5) is 0. The second kappa shape index (κ2) is 6.41. The van der Waals surface area contributed by atoms with Gasteiger partial charge in [0.2, 0.25) is 0 Å². The van der Waals surface area contributed by atoms with Gasteiger partial charge in [-0.05, 0) is 58.5 Å². The van der Waals surface area contributed by atoms with Gasteiger partial charge in [-0.2, -0.15) is 0 Å². The summed E-state index contributed by atoms with van der Waals surface area (Å²) in [5.74, 6) is 1.52. The van der Waals surface area contributed by atoms with Crippen molar-refractivity contribution in [3.63, 3.8) is 0 Å². The van der Waals surface area contributed by atoms with Crippen molar-refractivity contribution in [2.75, 3.05) is 12.4 Å². The first kappa shape index (κ1) is 14.9. The Bertz CT molecular complexity index is 638. The predicted molar refractivity (Wildman–Crippen MR) is 94.2 cm³/mol. The molecule has 1 fully saturated rings. The number of benzene rings is 2. The molecule has 0 heterocycles. The highest BCUT2D eigenvalue weighted by molar-refractivity contribution is 9.10. The van der Waals surface area contributed by atoms with E-state index in [4.69, 9.17) is 4.74 Å². The number of anilines is 1. The lowest BCUT2D eigenvalue weighted by Crippen LogP contribution is -2.34. The molecule has 1 aliphatic carbocycles. The van der Waals surface area contributed by atoms with Gasteiger partial charge in [0.1, 0.15) is 5.75 Å². The molecule has 0 atom stereocenters. The predicted octanol–water partition coefficient (Wildman–Crippen LogP) is 5.58. The van der Waals surface area contributed by atoms with Gasteiger partial charge in [0, 0.05) is 21.1 Å². The molecule has 1 saturated carbocycles. The summed E-state index contributed by atoms with van der Waals surface area (Å²) in [6.07, 6.45) is 2.32. The zero-order chi connectivity index (χ0) is 14.8. The molecule has 2 aromatic carbocycles. The fourth-order valence-electron chi connectivity index (χ4n) is 2.76. The van der Waals surface area contributed by atoms with E-state index in [1.165, 1.54) is 10.0 Å². The van der Waals surface area contributed by atoms with Crippen molar-refractivity contribution in [2.45, 2.75) is 24.8 Å². The van der Waals surface area contributed by atoms with Crippen LogP contribution in [0.4, 0.5) is 5.69 Å². The first-order chi connectivity index (χ1) is 10.2. The first-order valence-corrected chi connectivity index (χ1v) is 8.60. The van der Waals surface area contributed by atoms with Crippen LogP contribution in [0.5, 0.6) is 5.75 Å². The summed E-state index contributed by atoms with van der Waals surface area (Å²) in [5.41, 5.74) is 2.52. The Hall–Kier alpha value is -1.00. The van der Waals surface area contributed by atoms with Crippen LogP contribution in [0.25, 0.3) is 0 Å². The van der Waals surface area contributed by atoms with E-state index in [1.54, 1.807) is 7.11 Å². The molecule has 1 aliphatic rings. The smallest absolute Gasteiger partial charge is 0.121 e. The SMILES string of the molecule is COc1ccc(Br)c(NC2CC(c3ccccc3Br)C2)c1. The van der Waals surface area contributed by atoms with Gasteiger partial charge in [0.05, 0.1) is 12.8 Å². The van der Waals surface area contributed by atoms with E-state index < -0.39 is 0 Å². The molecule has 0 radical (unpaired) electrons. The molecule has 3 rings (SSSR count). The second-order valence-electron chi connectivity index (χ2n) is 5.38. The highest BCUT2D eigenvalue weighted by atomic mass is 79.9. The van der Waals surface area contributed by atoms with Crippen LogP contribution in [0, 0.1) is 0 Å². The summed E-state index contributed by atoms with van der Waals surface area (Å²) in [6.45, 7) is 0. The van der Waals surface area contributed by atoms with Crippen LogP contribution >= 0.6 is 31.9 Å². The molecule has 0 aromatic heterocycles. The maximum Gasteiger partial charge on any atom is 0.121 e. The summed E-state index contributed by atoms with van der Waals surface area (Å²) >= 11 is 7.23. The number of ether oxygens (including phenoxy) is 1. The molecular formula is C17H17Br2NO. The Morgan fingerprint density at radius 1 is 1.05 bits per heavy atom. The number of halogens is 2. The summed E-state index contributed by atoms with van der Waals surface area (Å²) in [7, 11) is 1.69. The minimum absolute atomic E-state index is 0.519. The van der Waals surface area contributed by atoms with E-state index in [1.807, 2.05) is 18.2 Å². The van der Waals surface area contributed by atoms with Gasteiger partial charge in [-0.25, -0.2) is 0 Å². The summed E-state index contributed by atoms with van der Waals surface area (Å²) in [6, 6.07) is 15.0. The minimum atomic E-state index is 0.519. The Labute approximate surface area is 142 Å². The van der Waals surface area contributed by atoms with Crippen molar-refractivity contribution in [1.29, 1.82) is 0 Å². The molecule has 2 aromatic rings. The number of hydrogen-bond acceptors (Lipinski definition) is 2. The van der Waals surface area contributed by atoms with Gasteiger partial charge in [-0.3, -0.25) is 0 Å². The van der Waals surface area contributed by atoms with Crippen molar-refractivity contribution in [3.8, 4) is 5.75 Å². The molecule has 0 unspecified atom stereocenters. The summed E-state index contributed by atoms with van der Waals surface area (Å²) in [5, 5.41) is 3.60. The van der Waals surface area contributed by atoms with E-state index >= 15 is 0 Å². The number of rotatable bonds is 4. The molecule has 4 heteroatoms. The molecule has 0 spiro atoms. The van der Waals surface area contributed by atoms with Crippen molar-refractivity contribution >= 4 is 37.5 Å². The van der Waals surface area contributed by atoms with Crippen molar-refractivity contribution in [1.82, 2.24) is 0 Å². The fourth-order valence-corrected chi connectivity index (χ4v) is 3.73. The molecule has 0 bridgehead atoms. The maximum atomic E-state index is 5.28. The molecule has 1 N–H and O–H groups in total. The third-order valence-corrected chi connectivity index (χ3v) is 5.43. The monoisotopic (exact) mass is 409 g/mol. The lowest BCUT2D eigenvalue weighted by molar-refractivity contribution is 0.372. The molecule has 2 nitrogen and oxygen atoms in total. The van der Waals surface area contributed by atoms with E-state index in [0.717, 1.165) is 28.8 Å². The van der Waals surface area contributed by atoms with E-state index in [9.17, 15) is 0 Å². The average Bonchev–Trinajstić information content (AvgIpc) is 2.45. The normalized spacial score (nSPS) is 20.7. The number of nitrogens with one attached hydrogen (secondary N) is 1. The first-order valence-electron chi connectivity index (χ1n) is 7.02. The van der Waals surface area contributed by atoms with Crippen LogP contribution in [0.2, 0.25) is 0 Å². The highest BCUT2D eigenvalue weighted by Crippen LogP contribution is 2.42. The Kier molecular flexibility index (Phi) is 4.55. The molecular weight excluding hydrogens is 394 g/mol. The van der Waals surface area contributed by atoms with Crippen molar-refractivity contribution in [2.24, 2.45) is 0 Å². The molecule has 0 saturated heterocycles. The van der Waals surface area contributed by atoms with E-state index in [0.29, 0.717) is 12.0 Å². The summed E-state index contributed by atoms with van der Waals surface area (Å²) < 4.78 is 7.58. The number of methoxy groups -OCH3 is 1. The molecule has 0 aliphatic heterocycles. The largest absolute Gasteiger partial charge is 0.497 e. The Morgan fingerprint density at radius 2 is 1.81 bits per heavy atom. The maximum absolute atomic E-state index is 5.28. The van der Waals surface area contributed by atoms with E-state index in [2.05, 4.69) is 61.4 Å². The third kappa shape index (κ3) is 3.27. The third-order valence-electron chi connectivity index (χ3n) is 4.02. The molecule has 110 valence electrons. The quantitative estimate of drug-likeness (QED) is 0.710. The Morgan fingerprint density at radius 3 is 2.52 bits per heavy atom. The molecule has 21 heavy (non-hydrogen) atoms. The lowest BCUT2D eigenvalue weighted by atomic mass is 9.76. The Balaban J connectivity index is 1.64. The minimum Gasteiger partial charge on any atom is -0.497 e. The molecule has 0 amide bonds. The standard InChI is InChI=1S/C17H17Br2NO/c1-21-13-6-7-16(19)17(10-13)20-12-8-11(9-12)14-4-2-3-5-15(14)18/h2-7,10-12,20H,8-9H2,1H3. The highest BCUT2D eigenvalue weighted by Gasteiger charge is 2.31. The zero-order valence-corrected chi connectivity index (χ0v) is 14.9. The fraction of sp³-hybridized carbons (Fsp3) is 0.294.